The summed E-state index contributed by atoms with van der Waals surface area (Å²) in [6.45, 7) is 3.29. The quantitative estimate of drug-likeness (QED) is 0.354. The average molecular weight is 450 g/mol. The lowest BCUT2D eigenvalue weighted by Gasteiger charge is -2.15. The van der Waals surface area contributed by atoms with Crippen LogP contribution in [0.15, 0.2) is 74.3 Å². The van der Waals surface area contributed by atoms with E-state index in [1.54, 1.807) is 25.1 Å². The minimum absolute atomic E-state index is 0.0388. The molecule has 9 heteroatoms. The Balaban J connectivity index is 1.35. The van der Waals surface area contributed by atoms with Gasteiger partial charge >= 0.3 is 11.5 Å². The lowest BCUT2D eigenvalue weighted by atomic mass is 10.1. The molecule has 4 rings (SSSR count). The molecule has 8 nitrogen and oxygen atoms in total. The van der Waals surface area contributed by atoms with Crippen LogP contribution in [0.4, 0.5) is 4.39 Å². The van der Waals surface area contributed by atoms with E-state index in [0.717, 1.165) is 10.9 Å². The number of fused-ring (bicyclic) bond motifs is 1. The predicted octanol–water partition coefficient (Wildman–Crippen LogP) is 3.73. The molecule has 0 fully saturated rings. The SMILES string of the molecule is Cc1cc(=O)oc2cc(OC(C)C(=O)NNC(=O)c3ccc(-c4ccc(F)cc4)o3)ccc12. The topological polar surface area (TPSA) is 111 Å². The molecular weight excluding hydrogens is 431 g/mol. The Kier molecular flexibility index (Phi) is 5.95. The second-order valence-electron chi connectivity index (χ2n) is 7.28. The van der Waals surface area contributed by atoms with E-state index in [4.69, 9.17) is 13.6 Å². The van der Waals surface area contributed by atoms with Gasteiger partial charge in [0.05, 0.1) is 0 Å². The molecule has 0 spiro atoms. The van der Waals surface area contributed by atoms with Gasteiger partial charge in [0.25, 0.3) is 5.91 Å². The summed E-state index contributed by atoms with van der Waals surface area (Å²) in [5, 5.41) is 0.754. The molecule has 0 aliphatic carbocycles. The molecule has 33 heavy (non-hydrogen) atoms. The summed E-state index contributed by atoms with van der Waals surface area (Å²) in [5.41, 5.74) is 5.74. The molecule has 4 aromatic rings. The normalized spacial score (nSPS) is 11.7. The summed E-state index contributed by atoms with van der Waals surface area (Å²) < 4.78 is 29.3. The Labute approximate surface area is 186 Å². The number of carbonyl (C=O) groups excluding carboxylic acids is 2. The number of hydrogen-bond acceptors (Lipinski definition) is 6. The maximum atomic E-state index is 13.1. The Bertz CT molecular complexity index is 1390. The summed E-state index contributed by atoms with van der Waals surface area (Å²) >= 11 is 0. The van der Waals surface area contributed by atoms with Crippen molar-refractivity contribution in [1.82, 2.24) is 10.9 Å². The van der Waals surface area contributed by atoms with Crippen molar-refractivity contribution in [2.75, 3.05) is 0 Å². The van der Waals surface area contributed by atoms with Crippen molar-refractivity contribution in [3.8, 4) is 17.1 Å². The third-order valence-corrected chi connectivity index (χ3v) is 4.86. The molecule has 2 aromatic heterocycles. The smallest absolute Gasteiger partial charge is 0.336 e. The summed E-state index contributed by atoms with van der Waals surface area (Å²) in [6, 6.07) is 14.9. The van der Waals surface area contributed by atoms with Crippen LogP contribution in [0.25, 0.3) is 22.3 Å². The van der Waals surface area contributed by atoms with Crippen molar-refractivity contribution in [1.29, 1.82) is 0 Å². The predicted molar refractivity (Wildman–Crippen MR) is 117 cm³/mol. The molecule has 1 unspecified atom stereocenters. The molecule has 0 aliphatic rings. The molecule has 2 heterocycles. The molecular formula is C24H19FN2O6. The first-order chi connectivity index (χ1) is 15.8. The number of nitrogens with one attached hydrogen (secondary N) is 2. The van der Waals surface area contributed by atoms with Gasteiger partial charge in [0.2, 0.25) is 0 Å². The van der Waals surface area contributed by atoms with E-state index in [1.165, 1.54) is 49.4 Å². The number of rotatable bonds is 5. The third kappa shape index (κ3) is 4.93. The highest BCUT2D eigenvalue weighted by Crippen LogP contribution is 2.24. The van der Waals surface area contributed by atoms with Gasteiger partial charge in [-0.2, -0.15) is 0 Å². The Hall–Kier alpha value is -4.40. The highest BCUT2D eigenvalue weighted by Gasteiger charge is 2.18. The van der Waals surface area contributed by atoms with Crippen molar-refractivity contribution < 1.29 is 27.6 Å². The standard InChI is InChI=1S/C24H19FN2O6/c1-13-11-22(28)33-21-12-17(7-8-18(13)21)31-14(2)23(29)26-27-24(30)20-10-9-19(32-20)15-3-5-16(25)6-4-15/h3-12,14H,1-2H3,(H,26,29)(H,27,30). The van der Waals surface area contributed by atoms with Crippen molar-refractivity contribution in [3.63, 3.8) is 0 Å². The fraction of sp³-hybridized carbons (Fsp3) is 0.125. The zero-order valence-corrected chi connectivity index (χ0v) is 17.7. The van der Waals surface area contributed by atoms with E-state index in [2.05, 4.69) is 10.9 Å². The van der Waals surface area contributed by atoms with E-state index >= 15 is 0 Å². The molecule has 0 saturated heterocycles. The fourth-order valence-electron chi connectivity index (χ4n) is 3.15. The summed E-state index contributed by atoms with van der Waals surface area (Å²) in [7, 11) is 0. The lowest BCUT2D eigenvalue weighted by molar-refractivity contribution is -0.128. The van der Waals surface area contributed by atoms with Crippen LogP contribution in [-0.4, -0.2) is 17.9 Å². The summed E-state index contributed by atoms with van der Waals surface area (Å²) in [4.78, 5) is 36.2. The number of halogens is 1. The van der Waals surface area contributed by atoms with Gasteiger partial charge in [-0.1, -0.05) is 0 Å². The van der Waals surface area contributed by atoms with E-state index in [-0.39, 0.29) is 11.6 Å². The number of hydrogen-bond donors (Lipinski definition) is 2. The second kappa shape index (κ2) is 8.99. The van der Waals surface area contributed by atoms with Crippen molar-refractivity contribution in [3.05, 3.63) is 88.2 Å². The number of aryl methyl sites for hydroxylation is 1. The van der Waals surface area contributed by atoms with Crippen LogP contribution in [-0.2, 0) is 4.79 Å². The molecule has 0 saturated carbocycles. The Morgan fingerprint density at radius 1 is 0.970 bits per heavy atom. The number of carbonyl (C=O) groups is 2. The molecule has 1 atom stereocenters. The van der Waals surface area contributed by atoms with Crippen LogP contribution in [0, 0.1) is 12.7 Å². The van der Waals surface area contributed by atoms with Gasteiger partial charge in [-0.25, -0.2) is 9.18 Å². The van der Waals surface area contributed by atoms with E-state index in [1.807, 2.05) is 0 Å². The van der Waals surface area contributed by atoms with E-state index < -0.39 is 23.5 Å². The van der Waals surface area contributed by atoms with Gasteiger partial charge in [-0.05, 0) is 67.9 Å². The minimum atomic E-state index is -0.967. The lowest BCUT2D eigenvalue weighted by Crippen LogP contribution is -2.47. The molecule has 168 valence electrons. The Morgan fingerprint density at radius 2 is 1.73 bits per heavy atom. The van der Waals surface area contributed by atoms with Crippen LogP contribution < -0.4 is 21.2 Å². The molecule has 2 N–H and O–H groups in total. The van der Waals surface area contributed by atoms with E-state index in [9.17, 15) is 18.8 Å². The number of hydrazine groups is 1. The van der Waals surface area contributed by atoms with Crippen LogP contribution in [0.5, 0.6) is 5.75 Å². The molecule has 2 amide bonds. The molecule has 2 aromatic carbocycles. The van der Waals surface area contributed by atoms with Gasteiger partial charge in [0.15, 0.2) is 11.9 Å². The highest BCUT2D eigenvalue weighted by molar-refractivity contribution is 5.94. The zero-order chi connectivity index (χ0) is 23.5. The number of ether oxygens (including phenoxy) is 1. The fourth-order valence-corrected chi connectivity index (χ4v) is 3.15. The number of benzene rings is 2. The maximum Gasteiger partial charge on any atom is 0.336 e. The maximum absolute atomic E-state index is 13.1. The van der Waals surface area contributed by atoms with E-state index in [0.29, 0.717) is 22.7 Å². The summed E-state index contributed by atoms with van der Waals surface area (Å²) in [5.74, 6) is -1.01. The second-order valence-corrected chi connectivity index (χ2v) is 7.28. The van der Waals surface area contributed by atoms with Crippen molar-refractivity contribution >= 4 is 22.8 Å². The van der Waals surface area contributed by atoms with Crippen molar-refractivity contribution in [2.45, 2.75) is 20.0 Å². The first kappa shape index (κ1) is 21.8. The monoisotopic (exact) mass is 450 g/mol. The molecule has 0 aliphatic heterocycles. The largest absolute Gasteiger partial charge is 0.481 e. The minimum Gasteiger partial charge on any atom is -0.481 e. The molecule has 0 radical (unpaired) electrons. The van der Waals surface area contributed by atoms with Crippen LogP contribution in [0.1, 0.15) is 23.0 Å². The van der Waals surface area contributed by atoms with Crippen LogP contribution in [0.3, 0.4) is 0 Å². The van der Waals surface area contributed by atoms with Gasteiger partial charge in [0, 0.05) is 23.1 Å². The van der Waals surface area contributed by atoms with Gasteiger partial charge < -0.3 is 13.6 Å². The first-order valence-electron chi connectivity index (χ1n) is 9.97. The average Bonchev–Trinajstić information content (AvgIpc) is 3.27. The molecule has 0 bridgehead atoms. The highest BCUT2D eigenvalue weighted by atomic mass is 19.1. The summed E-state index contributed by atoms with van der Waals surface area (Å²) in [6.07, 6.45) is -0.967. The van der Waals surface area contributed by atoms with Gasteiger partial charge in [-0.15, -0.1) is 0 Å². The zero-order valence-electron chi connectivity index (χ0n) is 17.7. The number of furan rings is 1. The Morgan fingerprint density at radius 3 is 2.48 bits per heavy atom. The van der Waals surface area contributed by atoms with Crippen LogP contribution >= 0.6 is 0 Å². The van der Waals surface area contributed by atoms with Crippen molar-refractivity contribution in [2.24, 2.45) is 0 Å². The van der Waals surface area contributed by atoms with Gasteiger partial charge in [0.1, 0.15) is 22.9 Å². The third-order valence-electron chi connectivity index (χ3n) is 4.86. The van der Waals surface area contributed by atoms with Crippen LogP contribution in [0.2, 0.25) is 0 Å². The van der Waals surface area contributed by atoms with Gasteiger partial charge in [-0.3, -0.25) is 20.4 Å². The number of amides is 2. The first-order valence-corrected chi connectivity index (χ1v) is 9.97.